The average Bonchev–Trinajstić information content (AvgIpc) is 2.61. The van der Waals surface area contributed by atoms with Gasteiger partial charge in [0.05, 0.1) is 23.2 Å². The Kier molecular flexibility index (Phi) is 8.69. The molecule has 0 bridgehead atoms. The van der Waals surface area contributed by atoms with Gasteiger partial charge in [0.1, 0.15) is 0 Å². The first-order chi connectivity index (χ1) is 13.0. The second-order valence-electron chi connectivity index (χ2n) is 8.07. The van der Waals surface area contributed by atoms with Crippen LogP contribution in [-0.4, -0.2) is 87.4 Å². The number of hydrogen-bond donors (Lipinski definition) is 2. The zero-order chi connectivity index (χ0) is 20.8. The van der Waals surface area contributed by atoms with Crippen molar-refractivity contribution in [3.8, 4) is 0 Å². The number of aliphatic hydroxyl groups excluding tert-OH is 1. The molecular formula is C19H32ClN3O4S. The molecule has 1 fully saturated rings. The van der Waals surface area contributed by atoms with E-state index >= 15 is 0 Å². The molecule has 0 radical (unpaired) electrons. The Bertz CT molecular complexity index is 716. The normalized spacial score (nSPS) is 18.3. The Balaban J connectivity index is 1.67. The van der Waals surface area contributed by atoms with Gasteiger partial charge in [-0.05, 0) is 39.0 Å². The van der Waals surface area contributed by atoms with E-state index in [1.807, 2.05) is 20.8 Å². The minimum absolute atomic E-state index is 0.177. The van der Waals surface area contributed by atoms with Crippen molar-refractivity contribution in [2.24, 2.45) is 0 Å². The number of aliphatic hydroxyl groups is 1. The topological polar surface area (TPSA) is 82.1 Å². The van der Waals surface area contributed by atoms with Gasteiger partial charge in [0, 0.05) is 50.8 Å². The summed E-state index contributed by atoms with van der Waals surface area (Å²) in [6.45, 7) is 11.2. The van der Waals surface area contributed by atoms with Crippen LogP contribution >= 0.6 is 11.6 Å². The van der Waals surface area contributed by atoms with E-state index in [1.165, 1.54) is 12.1 Å². The van der Waals surface area contributed by atoms with Crippen molar-refractivity contribution in [1.29, 1.82) is 0 Å². The highest BCUT2D eigenvalue weighted by molar-refractivity contribution is 7.89. The summed E-state index contributed by atoms with van der Waals surface area (Å²) < 4.78 is 32.8. The Morgan fingerprint density at radius 2 is 1.86 bits per heavy atom. The number of benzene rings is 1. The number of nitrogens with zero attached hydrogens (tertiary/aromatic N) is 2. The molecule has 9 heteroatoms. The first-order valence-corrected chi connectivity index (χ1v) is 11.4. The average molecular weight is 434 g/mol. The highest BCUT2D eigenvalue weighted by atomic mass is 35.5. The smallest absolute Gasteiger partial charge is 0.240 e. The van der Waals surface area contributed by atoms with E-state index < -0.39 is 16.1 Å². The van der Waals surface area contributed by atoms with Crippen LogP contribution in [0.15, 0.2) is 29.2 Å². The van der Waals surface area contributed by atoms with E-state index in [0.29, 0.717) is 31.3 Å². The third-order valence-electron chi connectivity index (χ3n) is 4.47. The zero-order valence-corrected chi connectivity index (χ0v) is 18.5. The lowest BCUT2D eigenvalue weighted by atomic mass is 10.2. The van der Waals surface area contributed by atoms with Crippen molar-refractivity contribution >= 4 is 21.6 Å². The number of piperazine rings is 1. The summed E-state index contributed by atoms with van der Waals surface area (Å²) in [6.07, 6.45) is -0.504. The molecular weight excluding hydrogens is 402 g/mol. The van der Waals surface area contributed by atoms with Gasteiger partial charge >= 0.3 is 0 Å². The second-order valence-corrected chi connectivity index (χ2v) is 10.3. The minimum atomic E-state index is -3.55. The molecule has 2 rings (SSSR count). The lowest BCUT2D eigenvalue weighted by Crippen LogP contribution is -2.50. The van der Waals surface area contributed by atoms with Gasteiger partial charge in [0.25, 0.3) is 0 Å². The van der Waals surface area contributed by atoms with Gasteiger partial charge < -0.3 is 9.84 Å². The second kappa shape index (κ2) is 10.3. The van der Waals surface area contributed by atoms with E-state index in [1.54, 1.807) is 12.1 Å². The van der Waals surface area contributed by atoms with Gasteiger partial charge in [-0.3, -0.25) is 9.80 Å². The third-order valence-corrected chi connectivity index (χ3v) is 6.16. The summed E-state index contributed by atoms with van der Waals surface area (Å²) in [5.41, 5.74) is -0.252. The Morgan fingerprint density at radius 3 is 2.46 bits per heavy atom. The van der Waals surface area contributed by atoms with Crippen LogP contribution in [-0.2, 0) is 14.8 Å². The largest absolute Gasteiger partial charge is 0.389 e. The van der Waals surface area contributed by atoms with Crippen LogP contribution in [0, 0.1) is 0 Å². The lowest BCUT2D eigenvalue weighted by Gasteiger charge is -2.35. The van der Waals surface area contributed by atoms with Crippen molar-refractivity contribution in [2.75, 3.05) is 52.4 Å². The monoisotopic (exact) mass is 433 g/mol. The molecule has 1 saturated heterocycles. The fraction of sp³-hybridized carbons (Fsp3) is 0.684. The molecule has 1 heterocycles. The Morgan fingerprint density at radius 1 is 1.21 bits per heavy atom. The lowest BCUT2D eigenvalue weighted by molar-refractivity contribution is -0.0585. The van der Waals surface area contributed by atoms with Crippen LogP contribution in [0.2, 0.25) is 5.02 Å². The van der Waals surface area contributed by atoms with E-state index in [9.17, 15) is 13.5 Å². The quantitative estimate of drug-likeness (QED) is 0.612. The fourth-order valence-corrected chi connectivity index (χ4v) is 4.27. The molecule has 0 spiro atoms. The number of hydrogen-bond acceptors (Lipinski definition) is 6. The fourth-order valence-electron chi connectivity index (χ4n) is 2.95. The molecule has 0 aromatic heterocycles. The van der Waals surface area contributed by atoms with Crippen LogP contribution in [0.5, 0.6) is 0 Å². The van der Waals surface area contributed by atoms with Crippen molar-refractivity contribution in [2.45, 2.75) is 37.4 Å². The number of ether oxygens (including phenoxy) is 1. The maximum atomic E-state index is 12.3. The summed E-state index contributed by atoms with van der Waals surface area (Å²) >= 11 is 5.87. The number of sulfonamides is 1. The zero-order valence-electron chi connectivity index (χ0n) is 16.9. The summed E-state index contributed by atoms with van der Waals surface area (Å²) in [6, 6.07) is 6.24. The molecule has 160 valence electrons. The standard InChI is InChI=1S/C19H32ClN3O4S/c1-19(2,3)27-15-17(24)14-23-11-9-22(10-12-23)8-7-21-28(25,26)18-6-4-5-16(20)13-18/h4-6,13,17,21,24H,7-12,14-15H2,1-3H3/t17-/m0/s1. The summed E-state index contributed by atoms with van der Waals surface area (Å²) in [4.78, 5) is 4.61. The molecule has 1 aromatic carbocycles. The first kappa shape index (κ1) is 23.5. The van der Waals surface area contributed by atoms with E-state index in [-0.39, 0.29) is 10.5 Å². The van der Waals surface area contributed by atoms with Crippen LogP contribution in [0.3, 0.4) is 0 Å². The maximum absolute atomic E-state index is 12.3. The van der Waals surface area contributed by atoms with Crippen LogP contribution in [0.1, 0.15) is 20.8 Å². The first-order valence-electron chi connectivity index (χ1n) is 9.57. The van der Waals surface area contributed by atoms with Gasteiger partial charge in [-0.25, -0.2) is 13.1 Å². The van der Waals surface area contributed by atoms with Gasteiger partial charge in [0.15, 0.2) is 0 Å². The summed E-state index contributed by atoms with van der Waals surface area (Å²) in [7, 11) is -3.55. The predicted octanol–water partition coefficient (Wildman–Crippen LogP) is 1.41. The van der Waals surface area contributed by atoms with E-state index in [4.69, 9.17) is 16.3 Å². The molecule has 1 atom stereocenters. The van der Waals surface area contributed by atoms with Crippen molar-refractivity contribution < 1.29 is 18.3 Å². The Hall–Kier alpha value is -0.740. The van der Waals surface area contributed by atoms with Crippen molar-refractivity contribution in [1.82, 2.24) is 14.5 Å². The minimum Gasteiger partial charge on any atom is -0.389 e. The molecule has 1 aromatic rings. The SMILES string of the molecule is CC(C)(C)OC[C@@H](O)CN1CCN(CCNS(=O)(=O)c2cccc(Cl)c2)CC1. The van der Waals surface area contributed by atoms with Crippen LogP contribution in [0.4, 0.5) is 0 Å². The molecule has 7 nitrogen and oxygen atoms in total. The molecule has 28 heavy (non-hydrogen) atoms. The summed E-state index contributed by atoms with van der Waals surface area (Å²) in [5, 5.41) is 10.5. The molecule has 0 aliphatic carbocycles. The Labute approximate surface area is 173 Å². The number of halogens is 1. The van der Waals surface area contributed by atoms with Crippen LogP contribution in [0.25, 0.3) is 0 Å². The maximum Gasteiger partial charge on any atom is 0.240 e. The van der Waals surface area contributed by atoms with Gasteiger partial charge in [-0.15, -0.1) is 0 Å². The molecule has 2 N–H and O–H groups in total. The molecule has 1 aliphatic rings. The third kappa shape index (κ3) is 8.32. The number of rotatable bonds is 9. The van der Waals surface area contributed by atoms with Gasteiger partial charge in [-0.2, -0.15) is 0 Å². The molecule has 0 saturated carbocycles. The van der Waals surface area contributed by atoms with E-state index in [0.717, 1.165) is 26.2 Å². The number of nitrogens with one attached hydrogen (secondary N) is 1. The van der Waals surface area contributed by atoms with Gasteiger partial charge in [0.2, 0.25) is 10.0 Å². The predicted molar refractivity (Wildman–Crippen MR) is 111 cm³/mol. The summed E-state index contributed by atoms with van der Waals surface area (Å²) in [5.74, 6) is 0. The van der Waals surface area contributed by atoms with Crippen LogP contribution < -0.4 is 4.72 Å². The highest BCUT2D eigenvalue weighted by Gasteiger charge is 2.21. The molecule has 1 aliphatic heterocycles. The number of β-amino-alcohol motifs (C(OH)–C–C–N with tert-alkyl or cyclic N) is 1. The highest BCUT2D eigenvalue weighted by Crippen LogP contribution is 2.15. The van der Waals surface area contributed by atoms with E-state index in [2.05, 4.69) is 14.5 Å². The van der Waals surface area contributed by atoms with Crippen molar-refractivity contribution in [3.63, 3.8) is 0 Å². The molecule has 0 amide bonds. The molecule has 0 unspecified atom stereocenters. The van der Waals surface area contributed by atoms with Gasteiger partial charge in [-0.1, -0.05) is 17.7 Å². The van der Waals surface area contributed by atoms with Crippen molar-refractivity contribution in [3.05, 3.63) is 29.3 Å².